The van der Waals surface area contributed by atoms with Crippen molar-refractivity contribution in [1.29, 1.82) is 0 Å². The molecule has 9 heteroatoms. The summed E-state index contributed by atoms with van der Waals surface area (Å²) >= 11 is 3.31. The zero-order chi connectivity index (χ0) is 18.8. The van der Waals surface area contributed by atoms with E-state index in [2.05, 4.69) is 31.2 Å². The number of nitrogens with one attached hydrogen (secondary N) is 1. The number of rotatable bonds is 5. The molecule has 0 aliphatic carbocycles. The lowest BCUT2D eigenvalue weighted by molar-refractivity contribution is -0.138. The highest BCUT2D eigenvalue weighted by Gasteiger charge is 2.38. The molecule has 1 unspecified atom stereocenters. The minimum Gasteiger partial charge on any atom is -0.324 e. The Bertz CT molecular complexity index is 740. The summed E-state index contributed by atoms with van der Waals surface area (Å²) in [6, 6.07) is 6.46. The number of anilines is 3. The van der Waals surface area contributed by atoms with Crippen LogP contribution in [0.1, 0.15) is 26.3 Å². The van der Waals surface area contributed by atoms with Gasteiger partial charge in [0.05, 0.1) is 6.04 Å². The molecule has 0 radical (unpaired) electrons. The molecule has 1 aromatic carbocycles. The molecule has 1 atom stereocenters. The smallest absolute Gasteiger partial charge is 0.324 e. The van der Waals surface area contributed by atoms with Gasteiger partial charge in [-0.15, -0.1) is 0 Å². The van der Waals surface area contributed by atoms with Crippen molar-refractivity contribution in [3.05, 3.63) is 40.5 Å². The minimum atomic E-state index is -4.68. The Morgan fingerprint density at radius 1 is 1.24 bits per heavy atom. The molecule has 0 fully saturated rings. The molecule has 2 rings (SSSR count). The van der Waals surface area contributed by atoms with Crippen molar-refractivity contribution in [1.82, 2.24) is 9.97 Å². The van der Waals surface area contributed by atoms with E-state index >= 15 is 0 Å². The van der Waals surface area contributed by atoms with Crippen molar-refractivity contribution >= 4 is 33.4 Å². The van der Waals surface area contributed by atoms with E-state index in [1.54, 1.807) is 39.0 Å². The van der Waals surface area contributed by atoms with Crippen LogP contribution in [-0.4, -0.2) is 21.2 Å². The van der Waals surface area contributed by atoms with Gasteiger partial charge in [-0.1, -0.05) is 35.8 Å². The molecule has 0 saturated carbocycles. The maximum absolute atomic E-state index is 13.2. The van der Waals surface area contributed by atoms with E-state index in [9.17, 15) is 18.4 Å². The fourth-order valence-electron chi connectivity index (χ4n) is 1.98. The number of hydroxylamine groups is 1. The molecular weight excluding hydrogens is 401 g/mol. The summed E-state index contributed by atoms with van der Waals surface area (Å²) in [7, 11) is 0. The Morgan fingerprint density at radius 3 is 2.48 bits per heavy atom. The number of nitrogens with zero attached hydrogens (tertiary/aromatic N) is 3. The fraction of sp³-hybridized carbons (Fsp3) is 0.375. The molecule has 1 heterocycles. The van der Waals surface area contributed by atoms with E-state index in [1.165, 1.54) is 0 Å². The summed E-state index contributed by atoms with van der Waals surface area (Å²) < 4.78 is 40.5. The lowest BCUT2D eigenvalue weighted by atomic mass is 10.1. The van der Waals surface area contributed by atoms with Crippen LogP contribution in [0.5, 0.6) is 0 Å². The highest BCUT2D eigenvalue weighted by atomic mass is 79.9. The average Bonchev–Trinajstić information content (AvgIpc) is 2.52. The monoisotopic (exact) mass is 418 g/mol. The van der Waals surface area contributed by atoms with Gasteiger partial charge < -0.3 is 5.32 Å². The number of halogens is 4. The van der Waals surface area contributed by atoms with Gasteiger partial charge in [-0.25, -0.2) is 10.0 Å². The summed E-state index contributed by atoms with van der Waals surface area (Å²) in [6.07, 6.45) is -4.01. The maximum Gasteiger partial charge on any atom is 0.421 e. The Labute approximate surface area is 152 Å². The van der Waals surface area contributed by atoms with Crippen LogP contribution in [0.25, 0.3) is 0 Å². The van der Waals surface area contributed by atoms with Gasteiger partial charge in [0, 0.05) is 16.4 Å². The summed E-state index contributed by atoms with van der Waals surface area (Å²) in [4.78, 5) is 7.61. The van der Waals surface area contributed by atoms with Crippen LogP contribution < -0.4 is 10.4 Å². The second-order valence-electron chi connectivity index (χ2n) is 5.89. The first-order valence-corrected chi connectivity index (χ1v) is 8.34. The second-order valence-corrected chi connectivity index (χ2v) is 6.81. The van der Waals surface area contributed by atoms with Crippen LogP contribution in [-0.2, 0) is 6.18 Å². The Balaban J connectivity index is 2.43. The lowest BCUT2D eigenvalue weighted by Crippen LogP contribution is -2.36. The van der Waals surface area contributed by atoms with Crippen LogP contribution in [0.4, 0.5) is 30.6 Å². The van der Waals surface area contributed by atoms with Crippen LogP contribution in [0.3, 0.4) is 0 Å². The number of alkyl halides is 3. The molecule has 0 bridgehead atoms. The highest BCUT2D eigenvalue weighted by Crippen LogP contribution is 2.36. The van der Waals surface area contributed by atoms with Crippen LogP contribution >= 0.6 is 15.9 Å². The molecule has 5 nitrogen and oxygen atoms in total. The zero-order valence-electron chi connectivity index (χ0n) is 13.8. The van der Waals surface area contributed by atoms with Crippen molar-refractivity contribution in [2.45, 2.75) is 33.0 Å². The summed E-state index contributed by atoms with van der Waals surface area (Å²) in [5, 5.41) is 13.6. The van der Waals surface area contributed by atoms with Crippen LogP contribution in [0, 0.1) is 5.92 Å². The molecule has 0 spiro atoms. The van der Waals surface area contributed by atoms with Crippen LogP contribution in [0.15, 0.2) is 34.9 Å². The van der Waals surface area contributed by atoms with Crippen molar-refractivity contribution < 1.29 is 18.4 Å². The molecule has 0 aliphatic rings. The van der Waals surface area contributed by atoms with Crippen molar-refractivity contribution in [2.24, 2.45) is 5.92 Å². The van der Waals surface area contributed by atoms with Crippen molar-refractivity contribution in [2.75, 3.05) is 10.4 Å². The molecular formula is C16H18BrF3N4O. The number of hydrogen-bond acceptors (Lipinski definition) is 5. The molecule has 136 valence electrons. The molecule has 0 aliphatic heterocycles. The molecule has 0 amide bonds. The van der Waals surface area contributed by atoms with E-state index in [4.69, 9.17) is 0 Å². The summed E-state index contributed by atoms with van der Waals surface area (Å²) in [5.74, 6) is -0.708. The van der Waals surface area contributed by atoms with E-state index in [-0.39, 0.29) is 11.9 Å². The van der Waals surface area contributed by atoms with Gasteiger partial charge in [-0.05, 0) is 31.0 Å². The third-order valence-corrected chi connectivity index (χ3v) is 4.22. The Kier molecular flexibility index (Phi) is 5.89. The predicted molar refractivity (Wildman–Crippen MR) is 93.0 cm³/mol. The Hall–Kier alpha value is -1.87. The highest BCUT2D eigenvalue weighted by molar-refractivity contribution is 9.10. The molecule has 2 aromatic rings. The van der Waals surface area contributed by atoms with Crippen LogP contribution in [0.2, 0.25) is 0 Å². The van der Waals surface area contributed by atoms with Gasteiger partial charge >= 0.3 is 6.18 Å². The summed E-state index contributed by atoms with van der Waals surface area (Å²) in [6.45, 7) is 5.21. The van der Waals surface area contributed by atoms with E-state index in [0.29, 0.717) is 16.9 Å². The van der Waals surface area contributed by atoms with Gasteiger partial charge in [0.2, 0.25) is 5.95 Å². The number of hydrogen-bond donors (Lipinski definition) is 2. The molecule has 2 N–H and O–H groups in total. The fourth-order valence-corrected chi connectivity index (χ4v) is 2.38. The first kappa shape index (κ1) is 19.5. The Morgan fingerprint density at radius 2 is 1.92 bits per heavy atom. The molecule has 1 aromatic heterocycles. The SMILES string of the molecule is CC(C)C(C)N(O)c1nc(Nc2cccc(Br)c2)ncc1C(F)(F)F. The normalized spacial score (nSPS) is 13.0. The second kappa shape index (κ2) is 7.57. The van der Waals surface area contributed by atoms with Gasteiger partial charge in [0.25, 0.3) is 0 Å². The molecule has 25 heavy (non-hydrogen) atoms. The lowest BCUT2D eigenvalue weighted by Gasteiger charge is -2.28. The first-order valence-electron chi connectivity index (χ1n) is 7.54. The predicted octanol–water partition coefficient (Wildman–Crippen LogP) is 5.24. The minimum absolute atomic E-state index is 0.0453. The van der Waals surface area contributed by atoms with E-state index < -0.39 is 23.6 Å². The molecule has 0 saturated heterocycles. The third-order valence-electron chi connectivity index (χ3n) is 3.72. The van der Waals surface area contributed by atoms with Gasteiger partial charge in [-0.2, -0.15) is 18.2 Å². The van der Waals surface area contributed by atoms with Crippen molar-refractivity contribution in [3.8, 4) is 0 Å². The zero-order valence-corrected chi connectivity index (χ0v) is 15.4. The number of aromatic nitrogens is 2. The van der Waals surface area contributed by atoms with E-state index in [0.717, 1.165) is 4.47 Å². The largest absolute Gasteiger partial charge is 0.421 e. The summed E-state index contributed by atoms with van der Waals surface area (Å²) in [5.41, 5.74) is -0.497. The standard InChI is InChI=1S/C16H18BrF3N4O/c1-9(2)10(3)24(25)14-13(16(18,19)20)8-21-15(23-14)22-12-6-4-5-11(17)7-12/h4-10,25H,1-3H3,(H,21,22,23). The maximum atomic E-state index is 13.2. The van der Waals surface area contributed by atoms with Gasteiger partial charge in [-0.3, -0.25) is 5.21 Å². The van der Waals surface area contributed by atoms with E-state index in [1.807, 2.05) is 6.07 Å². The van der Waals surface area contributed by atoms with Gasteiger partial charge in [0.1, 0.15) is 5.56 Å². The van der Waals surface area contributed by atoms with Gasteiger partial charge in [0.15, 0.2) is 5.82 Å². The number of benzene rings is 1. The first-order chi connectivity index (χ1) is 11.6. The third kappa shape index (κ3) is 4.82. The average molecular weight is 419 g/mol. The van der Waals surface area contributed by atoms with Crippen molar-refractivity contribution in [3.63, 3.8) is 0 Å². The topological polar surface area (TPSA) is 61.3 Å². The quantitative estimate of drug-likeness (QED) is 0.649.